The standard InChI is InChI=1S/C21H30O4/c1-4-21(25)17(23)11-15-12-5-6-14-18(24)16(22)8-9-19(14,2)13(12)7-10-20(15,21)3/h1,6,12-13,15-18,22-25H,5,7-11H2,2-3H3/t12-,13-,15+,16?,17?,18?,19-,20+,21?/m1/s1. The van der Waals surface area contributed by atoms with E-state index >= 15 is 0 Å². The lowest BCUT2D eigenvalue weighted by molar-refractivity contribution is -0.123. The SMILES string of the molecule is C#CC1(O)C(O)C[C@H]2[C@@H]3CC=C4C(O)C(O)CC[C@]4(C)[C@@H]3CC[C@@]21C. The van der Waals surface area contributed by atoms with Crippen LogP contribution in [0.25, 0.3) is 0 Å². The summed E-state index contributed by atoms with van der Waals surface area (Å²) in [6, 6.07) is 0. The lowest BCUT2D eigenvalue weighted by Crippen LogP contribution is -2.57. The molecule has 4 aliphatic rings. The first-order chi connectivity index (χ1) is 11.7. The predicted molar refractivity (Wildman–Crippen MR) is 94.3 cm³/mol. The molecule has 4 N–H and O–H groups in total. The molecule has 0 aromatic rings. The zero-order valence-corrected chi connectivity index (χ0v) is 15.2. The molecule has 0 aromatic carbocycles. The van der Waals surface area contributed by atoms with E-state index in [1.54, 1.807) is 0 Å². The third-order valence-electron chi connectivity index (χ3n) is 8.61. The third kappa shape index (κ3) is 1.99. The van der Waals surface area contributed by atoms with Gasteiger partial charge in [0.15, 0.2) is 5.60 Å². The van der Waals surface area contributed by atoms with Crippen LogP contribution in [-0.2, 0) is 0 Å². The fourth-order valence-corrected chi connectivity index (χ4v) is 7.00. The fraction of sp³-hybridized carbons (Fsp3) is 0.810. The molecule has 4 heteroatoms. The second-order valence-corrected chi connectivity index (χ2v) is 9.36. The molecule has 0 spiro atoms. The summed E-state index contributed by atoms with van der Waals surface area (Å²) < 4.78 is 0. The molecule has 0 radical (unpaired) electrons. The van der Waals surface area contributed by atoms with Gasteiger partial charge in [0.05, 0.1) is 12.2 Å². The smallest absolute Gasteiger partial charge is 0.156 e. The number of terminal acetylenes is 1. The highest BCUT2D eigenvalue weighted by Crippen LogP contribution is 2.66. The van der Waals surface area contributed by atoms with Crippen molar-refractivity contribution in [1.29, 1.82) is 0 Å². The van der Waals surface area contributed by atoms with Crippen LogP contribution < -0.4 is 0 Å². The molecule has 4 rings (SSSR count). The van der Waals surface area contributed by atoms with E-state index in [1.807, 2.05) is 6.92 Å². The number of rotatable bonds is 0. The van der Waals surface area contributed by atoms with Gasteiger partial charge in [-0.1, -0.05) is 25.8 Å². The van der Waals surface area contributed by atoms with E-state index < -0.39 is 29.3 Å². The van der Waals surface area contributed by atoms with Gasteiger partial charge in [-0.25, -0.2) is 0 Å². The molecule has 3 saturated carbocycles. The highest BCUT2D eigenvalue weighted by molar-refractivity contribution is 5.32. The summed E-state index contributed by atoms with van der Waals surface area (Å²) in [7, 11) is 0. The molecule has 0 saturated heterocycles. The van der Waals surface area contributed by atoms with Gasteiger partial charge in [-0.15, -0.1) is 6.42 Å². The Morgan fingerprint density at radius 2 is 1.84 bits per heavy atom. The minimum atomic E-state index is -1.45. The molecule has 9 atom stereocenters. The molecule has 0 heterocycles. The van der Waals surface area contributed by atoms with Crippen molar-refractivity contribution in [2.24, 2.45) is 28.6 Å². The lowest BCUT2D eigenvalue weighted by Gasteiger charge is -2.58. The quantitative estimate of drug-likeness (QED) is 0.397. The van der Waals surface area contributed by atoms with Gasteiger partial charge in [-0.05, 0) is 67.3 Å². The lowest BCUT2D eigenvalue weighted by atomic mass is 9.46. The van der Waals surface area contributed by atoms with Crippen LogP contribution in [-0.4, -0.2) is 44.3 Å². The van der Waals surface area contributed by atoms with Gasteiger partial charge in [0.1, 0.15) is 6.10 Å². The maximum Gasteiger partial charge on any atom is 0.156 e. The van der Waals surface area contributed by atoms with Gasteiger partial charge in [-0.3, -0.25) is 0 Å². The molecule has 0 bridgehead atoms. The van der Waals surface area contributed by atoms with Crippen LogP contribution in [0.1, 0.15) is 52.4 Å². The first kappa shape index (κ1) is 17.5. The van der Waals surface area contributed by atoms with Crippen LogP contribution >= 0.6 is 0 Å². The summed E-state index contributed by atoms with van der Waals surface area (Å²) in [6.07, 6.45) is 10.1. The summed E-state index contributed by atoms with van der Waals surface area (Å²) in [5, 5.41) is 42.1. The van der Waals surface area contributed by atoms with Gasteiger partial charge < -0.3 is 20.4 Å². The van der Waals surface area contributed by atoms with Crippen LogP contribution in [0.3, 0.4) is 0 Å². The molecule has 0 aromatic heterocycles. The zero-order valence-electron chi connectivity index (χ0n) is 15.2. The second kappa shape index (κ2) is 5.33. The first-order valence-corrected chi connectivity index (χ1v) is 9.64. The van der Waals surface area contributed by atoms with Crippen molar-refractivity contribution in [3.05, 3.63) is 11.6 Å². The van der Waals surface area contributed by atoms with Crippen LogP contribution in [0.2, 0.25) is 0 Å². The van der Waals surface area contributed by atoms with E-state index in [9.17, 15) is 20.4 Å². The Kier molecular flexibility index (Phi) is 3.74. The van der Waals surface area contributed by atoms with E-state index in [2.05, 4.69) is 18.9 Å². The Labute approximate surface area is 150 Å². The average molecular weight is 346 g/mol. The number of fused-ring (bicyclic) bond motifs is 5. The van der Waals surface area contributed by atoms with E-state index in [-0.39, 0.29) is 11.3 Å². The van der Waals surface area contributed by atoms with Crippen molar-refractivity contribution in [1.82, 2.24) is 0 Å². The summed E-state index contributed by atoms with van der Waals surface area (Å²) in [6.45, 7) is 4.27. The maximum atomic E-state index is 11.0. The van der Waals surface area contributed by atoms with Gasteiger partial charge in [-0.2, -0.15) is 0 Å². The maximum absolute atomic E-state index is 11.0. The van der Waals surface area contributed by atoms with Gasteiger partial charge in [0, 0.05) is 5.41 Å². The van der Waals surface area contributed by atoms with Crippen molar-refractivity contribution < 1.29 is 20.4 Å². The topological polar surface area (TPSA) is 80.9 Å². The molecular formula is C21H30O4. The Balaban J connectivity index is 1.73. The van der Waals surface area contributed by atoms with Gasteiger partial charge in [0.25, 0.3) is 0 Å². The number of aliphatic hydroxyl groups is 4. The van der Waals surface area contributed by atoms with Crippen LogP contribution in [0.5, 0.6) is 0 Å². The third-order valence-corrected chi connectivity index (χ3v) is 8.61. The minimum absolute atomic E-state index is 0.106. The summed E-state index contributed by atoms with van der Waals surface area (Å²) in [5.41, 5.74) is -1.01. The Morgan fingerprint density at radius 3 is 2.52 bits per heavy atom. The highest BCUT2D eigenvalue weighted by Gasteiger charge is 2.67. The molecule has 4 nitrogen and oxygen atoms in total. The monoisotopic (exact) mass is 346 g/mol. The van der Waals surface area contributed by atoms with Gasteiger partial charge >= 0.3 is 0 Å². The largest absolute Gasteiger partial charge is 0.390 e. The molecule has 0 amide bonds. The summed E-state index contributed by atoms with van der Waals surface area (Å²) in [4.78, 5) is 0. The van der Waals surface area contributed by atoms with E-state index in [1.165, 1.54) is 0 Å². The summed E-state index contributed by atoms with van der Waals surface area (Å²) >= 11 is 0. The number of hydrogen-bond donors (Lipinski definition) is 4. The molecule has 138 valence electrons. The van der Waals surface area contributed by atoms with Crippen molar-refractivity contribution >= 4 is 0 Å². The van der Waals surface area contributed by atoms with Crippen LogP contribution in [0, 0.1) is 40.9 Å². The Morgan fingerprint density at radius 1 is 1.12 bits per heavy atom. The van der Waals surface area contributed by atoms with E-state index in [0.29, 0.717) is 24.7 Å². The average Bonchev–Trinajstić information content (AvgIpc) is 2.79. The Bertz CT molecular complexity index is 651. The molecule has 25 heavy (non-hydrogen) atoms. The predicted octanol–water partition coefficient (Wildman–Crippen LogP) is 1.62. The molecule has 4 unspecified atom stereocenters. The van der Waals surface area contributed by atoms with Gasteiger partial charge in [0.2, 0.25) is 0 Å². The van der Waals surface area contributed by atoms with Crippen LogP contribution in [0.15, 0.2) is 11.6 Å². The molecule has 3 fully saturated rings. The van der Waals surface area contributed by atoms with Crippen molar-refractivity contribution in [3.8, 4) is 12.3 Å². The first-order valence-electron chi connectivity index (χ1n) is 9.64. The molecular weight excluding hydrogens is 316 g/mol. The second-order valence-electron chi connectivity index (χ2n) is 9.36. The molecule has 0 aliphatic heterocycles. The fourth-order valence-electron chi connectivity index (χ4n) is 7.00. The van der Waals surface area contributed by atoms with Crippen molar-refractivity contribution in [2.45, 2.75) is 76.3 Å². The number of allylic oxidation sites excluding steroid dienone is 1. The van der Waals surface area contributed by atoms with Crippen LogP contribution in [0.4, 0.5) is 0 Å². The van der Waals surface area contributed by atoms with E-state index in [4.69, 9.17) is 6.42 Å². The van der Waals surface area contributed by atoms with Crippen molar-refractivity contribution in [2.75, 3.05) is 0 Å². The Hall–Kier alpha value is -0.860. The zero-order chi connectivity index (χ0) is 18.2. The number of aliphatic hydroxyl groups excluding tert-OH is 3. The van der Waals surface area contributed by atoms with E-state index in [0.717, 1.165) is 31.3 Å². The minimum Gasteiger partial charge on any atom is -0.390 e. The summed E-state index contributed by atoms with van der Waals surface area (Å²) in [5.74, 6) is 3.46. The number of hydrogen-bond acceptors (Lipinski definition) is 4. The van der Waals surface area contributed by atoms with Crippen molar-refractivity contribution in [3.63, 3.8) is 0 Å². The normalized spacial score (nSPS) is 57.7. The highest BCUT2D eigenvalue weighted by atomic mass is 16.3. The molecule has 4 aliphatic carbocycles.